The third kappa shape index (κ3) is 2.85. The van der Waals surface area contributed by atoms with E-state index >= 15 is 0 Å². The first-order chi connectivity index (χ1) is 11.1. The summed E-state index contributed by atoms with van der Waals surface area (Å²) in [5, 5.41) is 10.7. The minimum Gasteiger partial charge on any atom is -0.348 e. The highest BCUT2D eigenvalue weighted by molar-refractivity contribution is 6.01. The number of benzene rings is 1. The predicted octanol–water partition coefficient (Wildman–Crippen LogP) is 2.23. The molecule has 1 saturated heterocycles. The minimum atomic E-state index is -0.491. The van der Waals surface area contributed by atoms with Crippen LogP contribution in [0.5, 0.6) is 0 Å². The van der Waals surface area contributed by atoms with Crippen molar-refractivity contribution in [2.45, 2.75) is 12.5 Å². The minimum absolute atomic E-state index is 0.0128. The molecule has 0 spiro atoms. The lowest BCUT2D eigenvalue weighted by molar-refractivity contribution is -0.385. The standard InChI is InChI=1S/C16H16N4O3/c1-18(15-8-7-13(11-17-15)20(22)23)14-9-10-19(16(14)21)12-5-3-2-4-6-12/h2-8,11,14H,9-10H2,1H3/t14-/m0/s1. The van der Waals surface area contributed by atoms with Gasteiger partial charge in [0.15, 0.2) is 0 Å². The Morgan fingerprint density at radius 3 is 2.61 bits per heavy atom. The number of para-hydroxylation sites is 1. The van der Waals surface area contributed by atoms with Gasteiger partial charge in [-0.3, -0.25) is 14.9 Å². The second-order valence-electron chi connectivity index (χ2n) is 5.37. The second kappa shape index (κ2) is 6.04. The van der Waals surface area contributed by atoms with Gasteiger partial charge in [0.2, 0.25) is 5.91 Å². The van der Waals surface area contributed by atoms with Crippen molar-refractivity contribution >= 4 is 23.1 Å². The Hall–Kier alpha value is -2.96. The van der Waals surface area contributed by atoms with Gasteiger partial charge in [-0.05, 0) is 24.6 Å². The number of hydrogen-bond acceptors (Lipinski definition) is 5. The molecule has 118 valence electrons. The molecule has 0 radical (unpaired) electrons. The van der Waals surface area contributed by atoms with E-state index in [0.29, 0.717) is 18.8 Å². The Kier molecular flexibility index (Phi) is 3.92. The van der Waals surface area contributed by atoms with E-state index in [9.17, 15) is 14.9 Å². The van der Waals surface area contributed by atoms with Crippen LogP contribution in [0, 0.1) is 10.1 Å². The number of carbonyl (C=O) groups excluding carboxylic acids is 1. The summed E-state index contributed by atoms with van der Waals surface area (Å²) in [6, 6.07) is 12.2. The first-order valence-corrected chi connectivity index (χ1v) is 7.27. The van der Waals surface area contributed by atoms with Gasteiger partial charge in [0, 0.05) is 25.3 Å². The van der Waals surface area contributed by atoms with E-state index in [2.05, 4.69) is 4.98 Å². The fourth-order valence-corrected chi connectivity index (χ4v) is 2.74. The highest BCUT2D eigenvalue weighted by Gasteiger charge is 2.35. The van der Waals surface area contributed by atoms with E-state index in [0.717, 1.165) is 5.69 Å². The molecular weight excluding hydrogens is 296 g/mol. The van der Waals surface area contributed by atoms with Crippen molar-refractivity contribution in [2.24, 2.45) is 0 Å². The molecule has 7 nitrogen and oxygen atoms in total. The quantitative estimate of drug-likeness (QED) is 0.639. The molecule has 1 aliphatic rings. The highest BCUT2D eigenvalue weighted by Crippen LogP contribution is 2.26. The van der Waals surface area contributed by atoms with Crippen LogP contribution >= 0.6 is 0 Å². The fraction of sp³-hybridized carbons (Fsp3) is 0.250. The van der Waals surface area contributed by atoms with Gasteiger partial charge in [0.25, 0.3) is 5.69 Å². The average molecular weight is 312 g/mol. The molecule has 1 aromatic heterocycles. The van der Waals surface area contributed by atoms with Crippen molar-refractivity contribution in [1.29, 1.82) is 0 Å². The molecule has 0 unspecified atom stereocenters. The normalized spacial score (nSPS) is 17.3. The maximum atomic E-state index is 12.6. The van der Waals surface area contributed by atoms with Crippen LogP contribution in [-0.2, 0) is 4.79 Å². The van der Waals surface area contributed by atoms with Crippen LogP contribution in [0.1, 0.15) is 6.42 Å². The van der Waals surface area contributed by atoms with Gasteiger partial charge in [0.05, 0.1) is 4.92 Å². The number of aromatic nitrogens is 1. The lowest BCUT2D eigenvalue weighted by atomic mass is 10.2. The Morgan fingerprint density at radius 1 is 1.26 bits per heavy atom. The second-order valence-corrected chi connectivity index (χ2v) is 5.37. The van der Waals surface area contributed by atoms with Crippen LogP contribution < -0.4 is 9.80 Å². The molecule has 7 heteroatoms. The van der Waals surface area contributed by atoms with E-state index in [1.807, 2.05) is 30.3 Å². The molecule has 1 atom stereocenters. The van der Waals surface area contributed by atoms with Crippen molar-refractivity contribution in [3.8, 4) is 0 Å². The zero-order valence-electron chi connectivity index (χ0n) is 12.6. The van der Waals surface area contributed by atoms with Crippen LogP contribution in [-0.4, -0.2) is 35.4 Å². The summed E-state index contributed by atoms with van der Waals surface area (Å²) in [4.78, 5) is 30.5. The molecule has 0 saturated carbocycles. The Labute approximate surface area is 133 Å². The predicted molar refractivity (Wildman–Crippen MR) is 86.5 cm³/mol. The number of pyridine rings is 1. The summed E-state index contributed by atoms with van der Waals surface area (Å²) < 4.78 is 0. The third-order valence-electron chi connectivity index (χ3n) is 4.02. The van der Waals surface area contributed by atoms with Crippen molar-refractivity contribution in [1.82, 2.24) is 4.98 Å². The van der Waals surface area contributed by atoms with E-state index in [1.54, 1.807) is 22.9 Å². The molecule has 0 N–H and O–H groups in total. The molecule has 3 rings (SSSR count). The van der Waals surface area contributed by atoms with E-state index in [4.69, 9.17) is 0 Å². The van der Waals surface area contributed by atoms with Crippen LogP contribution in [0.15, 0.2) is 48.7 Å². The van der Waals surface area contributed by atoms with Gasteiger partial charge in [-0.2, -0.15) is 0 Å². The summed E-state index contributed by atoms with van der Waals surface area (Å²) in [5.74, 6) is 0.558. The maximum absolute atomic E-state index is 12.6. The smallest absolute Gasteiger partial charge is 0.287 e. The molecule has 1 amide bonds. The number of amides is 1. The van der Waals surface area contributed by atoms with Crippen molar-refractivity contribution in [2.75, 3.05) is 23.4 Å². The van der Waals surface area contributed by atoms with Gasteiger partial charge < -0.3 is 9.80 Å². The van der Waals surface area contributed by atoms with E-state index < -0.39 is 4.92 Å². The summed E-state index contributed by atoms with van der Waals surface area (Å²) >= 11 is 0. The Balaban J connectivity index is 1.77. The average Bonchev–Trinajstić information content (AvgIpc) is 2.96. The number of rotatable bonds is 4. The fourth-order valence-electron chi connectivity index (χ4n) is 2.74. The molecule has 2 aromatic rings. The Bertz CT molecular complexity index is 718. The third-order valence-corrected chi connectivity index (χ3v) is 4.02. The van der Waals surface area contributed by atoms with Gasteiger partial charge in [-0.25, -0.2) is 4.98 Å². The molecule has 1 aliphatic heterocycles. The zero-order valence-corrected chi connectivity index (χ0v) is 12.6. The summed E-state index contributed by atoms with van der Waals surface area (Å²) in [6.07, 6.45) is 1.89. The Morgan fingerprint density at radius 2 is 2.00 bits per heavy atom. The maximum Gasteiger partial charge on any atom is 0.287 e. The largest absolute Gasteiger partial charge is 0.348 e. The lowest BCUT2D eigenvalue weighted by Gasteiger charge is -2.24. The number of nitro groups is 1. The number of carbonyl (C=O) groups is 1. The first-order valence-electron chi connectivity index (χ1n) is 7.27. The number of nitrogens with zero attached hydrogens (tertiary/aromatic N) is 4. The van der Waals surface area contributed by atoms with Crippen LogP contribution in [0.3, 0.4) is 0 Å². The van der Waals surface area contributed by atoms with Crippen molar-refractivity contribution in [3.05, 3.63) is 58.8 Å². The molecule has 23 heavy (non-hydrogen) atoms. The van der Waals surface area contributed by atoms with Crippen LogP contribution in [0.4, 0.5) is 17.2 Å². The van der Waals surface area contributed by atoms with Gasteiger partial charge >= 0.3 is 0 Å². The number of likely N-dealkylation sites (N-methyl/N-ethyl adjacent to an activating group) is 1. The molecule has 1 aromatic carbocycles. The van der Waals surface area contributed by atoms with Crippen molar-refractivity contribution < 1.29 is 9.72 Å². The molecule has 0 bridgehead atoms. The number of anilines is 2. The van der Waals surface area contributed by atoms with Gasteiger partial charge in [-0.15, -0.1) is 0 Å². The summed E-state index contributed by atoms with van der Waals surface area (Å²) in [5.41, 5.74) is 0.816. The highest BCUT2D eigenvalue weighted by atomic mass is 16.6. The van der Waals surface area contributed by atoms with Gasteiger partial charge in [0.1, 0.15) is 18.1 Å². The summed E-state index contributed by atoms with van der Waals surface area (Å²) in [7, 11) is 1.78. The molecule has 1 fully saturated rings. The monoisotopic (exact) mass is 312 g/mol. The zero-order chi connectivity index (χ0) is 16.4. The van der Waals surface area contributed by atoms with E-state index in [1.165, 1.54) is 12.3 Å². The SMILES string of the molecule is CN(c1ccc([N+](=O)[O-])cn1)[C@H]1CCN(c2ccccc2)C1=O. The molecule has 0 aliphatic carbocycles. The number of hydrogen-bond donors (Lipinski definition) is 0. The lowest BCUT2D eigenvalue weighted by Crippen LogP contribution is -2.40. The summed E-state index contributed by atoms with van der Waals surface area (Å²) in [6.45, 7) is 0.644. The van der Waals surface area contributed by atoms with Crippen LogP contribution in [0.2, 0.25) is 0 Å². The molecule has 2 heterocycles. The van der Waals surface area contributed by atoms with Crippen molar-refractivity contribution in [3.63, 3.8) is 0 Å². The van der Waals surface area contributed by atoms with Gasteiger partial charge in [-0.1, -0.05) is 18.2 Å². The first kappa shape index (κ1) is 15.0. The molecular formula is C16H16N4O3. The van der Waals surface area contributed by atoms with E-state index in [-0.39, 0.29) is 17.6 Å². The topological polar surface area (TPSA) is 79.6 Å². The van der Waals surface area contributed by atoms with Crippen LogP contribution in [0.25, 0.3) is 0 Å².